The van der Waals surface area contributed by atoms with E-state index in [2.05, 4.69) is 4.98 Å². The van der Waals surface area contributed by atoms with Gasteiger partial charge >= 0.3 is 0 Å². The molecular weight excluding hydrogens is 360 g/mol. The molecule has 0 saturated heterocycles. The molecule has 0 fully saturated rings. The van der Waals surface area contributed by atoms with Crippen LogP contribution in [-0.4, -0.2) is 24.9 Å². The Morgan fingerprint density at radius 1 is 1.00 bits per heavy atom. The van der Waals surface area contributed by atoms with E-state index in [4.69, 9.17) is 0 Å². The van der Waals surface area contributed by atoms with Crippen molar-refractivity contribution in [2.75, 3.05) is 19.0 Å². The molecule has 2 aromatic carbocycles. The summed E-state index contributed by atoms with van der Waals surface area (Å²) in [5.41, 5.74) is 4.88. The Morgan fingerprint density at radius 2 is 1.66 bits per heavy atom. The van der Waals surface area contributed by atoms with Gasteiger partial charge in [-0.1, -0.05) is 67.6 Å². The Kier molecular flexibility index (Phi) is 6.13. The van der Waals surface area contributed by atoms with Gasteiger partial charge in [-0.05, 0) is 36.1 Å². The molecule has 0 bridgehead atoms. The van der Waals surface area contributed by atoms with E-state index in [1.807, 2.05) is 74.5 Å². The maximum Gasteiger partial charge on any atom is 0.272 e. The molecule has 0 amide bonds. The predicted molar refractivity (Wildman–Crippen MR) is 121 cm³/mol. The SMILES string of the molecule is CCc1c(C)[nH]c(=O)c(N(C)C)c1C(=O)c1cccc(/C=C/c2ccccc2)c1. The molecule has 148 valence electrons. The molecule has 4 nitrogen and oxygen atoms in total. The quantitative estimate of drug-likeness (QED) is 0.493. The van der Waals surface area contributed by atoms with Crippen LogP contribution < -0.4 is 10.5 Å². The minimum atomic E-state index is -0.242. The molecule has 3 rings (SSSR count). The van der Waals surface area contributed by atoms with Crippen LogP contribution in [0.1, 0.15) is 45.2 Å². The van der Waals surface area contributed by atoms with Crippen LogP contribution in [0, 0.1) is 6.92 Å². The highest BCUT2D eigenvalue weighted by Gasteiger charge is 2.23. The molecular formula is C25H26N2O2. The number of benzene rings is 2. The molecule has 4 heteroatoms. The molecule has 0 atom stereocenters. The highest BCUT2D eigenvalue weighted by Crippen LogP contribution is 2.25. The second-order valence-corrected chi connectivity index (χ2v) is 7.23. The molecule has 0 aliphatic rings. The zero-order valence-corrected chi connectivity index (χ0v) is 17.3. The predicted octanol–water partition coefficient (Wildman–Crippen LogP) is 4.71. The third kappa shape index (κ3) is 4.37. The molecule has 0 radical (unpaired) electrons. The van der Waals surface area contributed by atoms with Gasteiger partial charge in [0.2, 0.25) is 0 Å². The third-order valence-electron chi connectivity index (χ3n) is 4.95. The summed E-state index contributed by atoms with van der Waals surface area (Å²) in [6, 6.07) is 17.5. The Morgan fingerprint density at radius 3 is 2.31 bits per heavy atom. The number of hydrogen-bond acceptors (Lipinski definition) is 3. The fourth-order valence-corrected chi connectivity index (χ4v) is 3.55. The molecule has 3 aromatic rings. The zero-order valence-electron chi connectivity index (χ0n) is 17.3. The lowest BCUT2D eigenvalue weighted by Gasteiger charge is -2.20. The first-order valence-corrected chi connectivity index (χ1v) is 9.73. The lowest BCUT2D eigenvalue weighted by Crippen LogP contribution is -2.27. The standard InChI is InChI=1S/C25H26N2O2/c1-5-21-17(2)26-25(29)23(27(3)4)22(21)24(28)20-13-9-12-19(16-20)15-14-18-10-7-6-8-11-18/h6-16H,5H2,1-4H3,(H,26,29)/b15-14+. The van der Waals surface area contributed by atoms with Gasteiger partial charge in [0.15, 0.2) is 5.78 Å². The third-order valence-corrected chi connectivity index (χ3v) is 4.95. The van der Waals surface area contributed by atoms with Gasteiger partial charge in [-0.2, -0.15) is 0 Å². The van der Waals surface area contributed by atoms with Gasteiger partial charge in [0, 0.05) is 25.4 Å². The van der Waals surface area contributed by atoms with Crippen molar-refractivity contribution < 1.29 is 4.79 Å². The number of carbonyl (C=O) groups excluding carboxylic acids is 1. The first-order valence-electron chi connectivity index (χ1n) is 9.73. The topological polar surface area (TPSA) is 53.2 Å². The molecule has 0 aliphatic heterocycles. The minimum Gasteiger partial charge on any atom is -0.373 e. The van der Waals surface area contributed by atoms with Crippen LogP contribution in [0.2, 0.25) is 0 Å². The van der Waals surface area contributed by atoms with E-state index >= 15 is 0 Å². The van der Waals surface area contributed by atoms with Crippen LogP contribution in [0.4, 0.5) is 5.69 Å². The highest BCUT2D eigenvalue weighted by molar-refractivity contribution is 6.13. The summed E-state index contributed by atoms with van der Waals surface area (Å²) in [6.07, 6.45) is 4.67. The van der Waals surface area contributed by atoms with Crippen molar-refractivity contribution in [3.63, 3.8) is 0 Å². The Labute approximate surface area is 171 Å². The van der Waals surface area contributed by atoms with Crippen LogP contribution in [0.3, 0.4) is 0 Å². The Balaban J connectivity index is 2.06. The Bertz CT molecular complexity index is 1110. The molecule has 1 aromatic heterocycles. The first kappa shape index (κ1) is 20.3. The number of nitrogens with zero attached hydrogens (tertiary/aromatic N) is 1. The second-order valence-electron chi connectivity index (χ2n) is 7.23. The van der Waals surface area contributed by atoms with E-state index in [-0.39, 0.29) is 11.3 Å². The number of ketones is 1. The maximum absolute atomic E-state index is 13.5. The number of aromatic nitrogens is 1. The number of rotatable bonds is 6. The summed E-state index contributed by atoms with van der Waals surface area (Å²) in [4.78, 5) is 30.6. The van der Waals surface area contributed by atoms with Gasteiger partial charge in [-0.25, -0.2) is 0 Å². The van der Waals surface area contributed by atoms with Crippen molar-refractivity contribution in [1.29, 1.82) is 0 Å². The fraction of sp³-hybridized carbons (Fsp3) is 0.200. The van der Waals surface area contributed by atoms with Crippen molar-refractivity contribution in [3.05, 3.63) is 98.5 Å². The average molecular weight is 386 g/mol. The van der Waals surface area contributed by atoms with Crippen LogP contribution in [-0.2, 0) is 6.42 Å². The summed E-state index contributed by atoms with van der Waals surface area (Å²) < 4.78 is 0. The van der Waals surface area contributed by atoms with E-state index in [9.17, 15) is 9.59 Å². The number of nitrogens with one attached hydrogen (secondary N) is 1. The lowest BCUT2D eigenvalue weighted by molar-refractivity contribution is 0.103. The fourth-order valence-electron chi connectivity index (χ4n) is 3.55. The van der Waals surface area contributed by atoms with Crippen LogP contribution in [0.15, 0.2) is 59.4 Å². The molecule has 1 heterocycles. The largest absolute Gasteiger partial charge is 0.373 e. The van der Waals surface area contributed by atoms with Crippen molar-refractivity contribution in [2.24, 2.45) is 0 Å². The zero-order chi connectivity index (χ0) is 21.0. The summed E-state index contributed by atoms with van der Waals surface area (Å²) in [7, 11) is 3.57. The number of H-pyrrole nitrogens is 1. The number of hydrogen-bond donors (Lipinski definition) is 1. The molecule has 0 spiro atoms. The maximum atomic E-state index is 13.5. The molecule has 29 heavy (non-hydrogen) atoms. The van der Waals surface area contributed by atoms with Gasteiger partial charge in [-0.3, -0.25) is 9.59 Å². The van der Waals surface area contributed by atoms with Gasteiger partial charge in [0.05, 0.1) is 5.56 Å². The number of aryl methyl sites for hydroxylation is 1. The van der Waals surface area contributed by atoms with Crippen molar-refractivity contribution >= 4 is 23.6 Å². The van der Waals surface area contributed by atoms with Crippen LogP contribution >= 0.6 is 0 Å². The lowest BCUT2D eigenvalue weighted by atomic mass is 9.93. The monoisotopic (exact) mass is 386 g/mol. The molecule has 0 aliphatic carbocycles. The summed E-state index contributed by atoms with van der Waals surface area (Å²) in [5.74, 6) is -0.130. The average Bonchev–Trinajstić information content (AvgIpc) is 2.72. The van der Waals surface area contributed by atoms with Gasteiger partial charge in [0.1, 0.15) is 5.69 Å². The van der Waals surface area contributed by atoms with E-state index in [0.29, 0.717) is 23.2 Å². The second kappa shape index (κ2) is 8.74. The minimum absolute atomic E-state index is 0.130. The van der Waals surface area contributed by atoms with Crippen molar-refractivity contribution in [1.82, 2.24) is 4.98 Å². The number of anilines is 1. The van der Waals surface area contributed by atoms with Gasteiger partial charge in [-0.15, -0.1) is 0 Å². The molecule has 0 unspecified atom stereocenters. The number of pyridine rings is 1. The van der Waals surface area contributed by atoms with Crippen molar-refractivity contribution in [2.45, 2.75) is 20.3 Å². The summed E-state index contributed by atoms with van der Waals surface area (Å²) >= 11 is 0. The normalized spacial score (nSPS) is 11.0. The van der Waals surface area contributed by atoms with Gasteiger partial charge < -0.3 is 9.88 Å². The van der Waals surface area contributed by atoms with E-state index in [0.717, 1.165) is 22.4 Å². The Hall–Kier alpha value is -3.40. The molecule has 1 N–H and O–H groups in total. The molecule has 0 saturated carbocycles. The first-order chi connectivity index (χ1) is 13.9. The van der Waals surface area contributed by atoms with E-state index < -0.39 is 0 Å². The van der Waals surface area contributed by atoms with Crippen molar-refractivity contribution in [3.8, 4) is 0 Å². The van der Waals surface area contributed by atoms with Gasteiger partial charge in [0.25, 0.3) is 5.56 Å². The van der Waals surface area contributed by atoms with E-state index in [1.54, 1.807) is 25.1 Å². The summed E-state index contributed by atoms with van der Waals surface area (Å²) in [6.45, 7) is 3.84. The number of aromatic amines is 1. The number of carbonyl (C=O) groups is 1. The van der Waals surface area contributed by atoms with Crippen LogP contribution in [0.5, 0.6) is 0 Å². The smallest absolute Gasteiger partial charge is 0.272 e. The highest BCUT2D eigenvalue weighted by atomic mass is 16.1. The van der Waals surface area contributed by atoms with Crippen LogP contribution in [0.25, 0.3) is 12.2 Å². The van der Waals surface area contributed by atoms with E-state index in [1.165, 1.54) is 0 Å². The summed E-state index contributed by atoms with van der Waals surface area (Å²) in [5, 5.41) is 0.